The van der Waals surface area contributed by atoms with Crippen LogP contribution in [0.5, 0.6) is 0 Å². The Morgan fingerprint density at radius 3 is 2.44 bits per heavy atom. The molecule has 0 bridgehead atoms. The van der Waals surface area contributed by atoms with Gasteiger partial charge in [0, 0.05) is 17.8 Å². The molecule has 1 aliphatic rings. The Bertz CT molecular complexity index is 881. The number of non-ortho nitro benzene ring substituents is 1. The molecule has 1 N–H and O–H groups in total. The Kier molecular flexibility index (Phi) is 4.12. The second-order valence-electron chi connectivity index (χ2n) is 5.08. The molecule has 126 valence electrons. The molecular formula is C16H11N3O6. The van der Waals surface area contributed by atoms with E-state index in [1.807, 2.05) is 0 Å². The second kappa shape index (κ2) is 6.40. The third-order valence-electron chi connectivity index (χ3n) is 3.51. The van der Waals surface area contributed by atoms with Crippen LogP contribution < -0.4 is 5.32 Å². The monoisotopic (exact) mass is 341 g/mol. The predicted octanol–water partition coefficient (Wildman–Crippen LogP) is 2.40. The average Bonchev–Trinajstić information content (AvgIpc) is 2.84. The topological polar surface area (TPSA) is 119 Å². The van der Waals surface area contributed by atoms with Gasteiger partial charge in [-0.3, -0.25) is 25.0 Å². The van der Waals surface area contributed by atoms with E-state index in [1.165, 1.54) is 6.07 Å². The first kappa shape index (κ1) is 16.1. The van der Waals surface area contributed by atoms with Gasteiger partial charge in [-0.25, -0.2) is 9.69 Å². The largest absolute Gasteiger partial charge is 0.427 e. The van der Waals surface area contributed by atoms with Crippen LogP contribution in [0.25, 0.3) is 0 Å². The lowest BCUT2D eigenvalue weighted by Crippen LogP contribution is -2.34. The summed E-state index contributed by atoms with van der Waals surface area (Å²) in [5.74, 6) is -1.43. The zero-order valence-electron chi connectivity index (χ0n) is 12.7. The van der Waals surface area contributed by atoms with Crippen molar-refractivity contribution < 1.29 is 24.0 Å². The fraction of sp³-hybridized carbons (Fsp3) is 0.0625. The molecule has 3 rings (SSSR count). The Morgan fingerprint density at radius 1 is 1.08 bits per heavy atom. The molecule has 3 amide bonds. The summed E-state index contributed by atoms with van der Waals surface area (Å²) in [5, 5.41) is 13.2. The number of nitro groups is 1. The number of amides is 3. The third-order valence-corrected chi connectivity index (χ3v) is 3.51. The third kappa shape index (κ3) is 3.15. The summed E-state index contributed by atoms with van der Waals surface area (Å²) in [6.07, 6.45) is -0.839. The van der Waals surface area contributed by atoms with E-state index in [-0.39, 0.29) is 16.8 Å². The number of ether oxygens (including phenoxy) is 1. The Labute approximate surface area is 141 Å². The van der Waals surface area contributed by atoms with Crippen LogP contribution >= 0.6 is 0 Å². The van der Waals surface area contributed by atoms with E-state index in [9.17, 15) is 24.5 Å². The van der Waals surface area contributed by atoms with Gasteiger partial charge < -0.3 is 4.74 Å². The van der Waals surface area contributed by atoms with Crippen molar-refractivity contribution >= 4 is 29.3 Å². The summed E-state index contributed by atoms with van der Waals surface area (Å²) in [5.41, 5.74) is 0.129. The van der Waals surface area contributed by atoms with Crippen molar-refractivity contribution in [2.45, 2.75) is 0 Å². The predicted molar refractivity (Wildman–Crippen MR) is 85.0 cm³/mol. The summed E-state index contributed by atoms with van der Waals surface area (Å²) in [6.45, 7) is -0.598. The fourth-order valence-corrected chi connectivity index (χ4v) is 2.31. The van der Waals surface area contributed by atoms with Crippen molar-refractivity contribution in [2.24, 2.45) is 0 Å². The van der Waals surface area contributed by atoms with Gasteiger partial charge >= 0.3 is 6.09 Å². The molecule has 1 heterocycles. The fourth-order valence-electron chi connectivity index (χ4n) is 2.31. The zero-order valence-corrected chi connectivity index (χ0v) is 12.7. The number of benzene rings is 2. The van der Waals surface area contributed by atoms with Crippen LogP contribution in [-0.4, -0.2) is 34.5 Å². The summed E-state index contributed by atoms with van der Waals surface area (Å²) in [7, 11) is 0. The molecule has 0 spiro atoms. The number of nitrogens with zero attached hydrogens (tertiary/aromatic N) is 2. The summed E-state index contributed by atoms with van der Waals surface area (Å²) in [6, 6.07) is 11.9. The quantitative estimate of drug-likeness (QED) is 0.518. The lowest BCUT2D eigenvalue weighted by Gasteiger charge is -2.14. The molecule has 0 radical (unpaired) electrons. The maximum absolute atomic E-state index is 12.2. The van der Waals surface area contributed by atoms with E-state index in [2.05, 4.69) is 5.32 Å². The lowest BCUT2D eigenvalue weighted by molar-refractivity contribution is -0.384. The van der Waals surface area contributed by atoms with E-state index in [0.29, 0.717) is 10.6 Å². The summed E-state index contributed by atoms with van der Waals surface area (Å²) >= 11 is 0. The molecule has 2 aromatic rings. The smallest absolute Gasteiger partial charge is 0.413 e. The zero-order chi connectivity index (χ0) is 18.0. The van der Waals surface area contributed by atoms with Gasteiger partial charge in [0.1, 0.15) is 0 Å². The molecule has 0 unspecified atom stereocenters. The van der Waals surface area contributed by atoms with Gasteiger partial charge in [0.25, 0.3) is 17.5 Å². The summed E-state index contributed by atoms with van der Waals surface area (Å²) < 4.78 is 4.88. The highest BCUT2D eigenvalue weighted by molar-refractivity contribution is 6.21. The maximum atomic E-state index is 12.2. The number of rotatable bonds is 4. The number of nitrogens with one attached hydrogen (secondary N) is 1. The van der Waals surface area contributed by atoms with Gasteiger partial charge in [-0.1, -0.05) is 18.2 Å². The van der Waals surface area contributed by atoms with E-state index in [0.717, 1.165) is 12.1 Å². The number of hydrogen-bond donors (Lipinski definition) is 1. The van der Waals surface area contributed by atoms with Crippen molar-refractivity contribution in [1.82, 2.24) is 4.90 Å². The molecule has 0 fully saturated rings. The number of carbonyl (C=O) groups is 3. The minimum Gasteiger partial charge on any atom is -0.427 e. The molecule has 25 heavy (non-hydrogen) atoms. The molecule has 2 aromatic carbocycles. The van der Waals surface area contributed by atoms with Gasteiger partial charge in [0.15, 0.2) is 6.73 Å². The van der Waals surface area contributed by atoms with Crippen molar-refractivity contribution in [3.8, 4) is 0 Å². The molecule has 0 atom stereocenters. The normalized spacial score (nSPS) is 12.7. The van der Waals surface area contributed by atoms with Crippen LogP contribution in [0.2, 0.25) is 0 Å². The highest BCUT2D eigenvalue weighted by Gasteiger charge is 2.37. The average molecular weight is 341 g/mol. The number of fused-ring (bicyclic) bond motifs is 1. The van der Waals surface area contributed by atoms with E-state index in [1.54, 1.807) is 30.3 Å². The van der Waals surface area contributed by atoms with Crippen molar-refractivity contribution in [2.75, 3.05) is 12.0 Å². The van der Waals surface area contributed by atoms with Crippen molar-refractivity contribution in [3.05, 3.63) is 69.8 Å². The Balaban J connectivity index is 1.68. The Hall–Kier alpha value is -3.75. The van der Waals surface area contributed by atoms with Crippen molar-refractivity contribution in [1.29, 1.82) is 0 Å². The maximum Gasteiger partial charge on any atom is 0.413 e. The number of imide groups is 1. The minimum atomic E-state index is -0.839. The molecule has 0 saturated carbocycles. The van der Waals surface area contributed by atoms with Gasteiger partial charge in [0.2, 0.25) is 0 Å². The van der Waals surface area contributed by atoms with Gasteiger partial charge in [-0.15, -0.1) is 0 Å². The molecular weight excluding hydrogens is 330 g/mol. The molecule has 9 nitrogen and oxygen atoms in total. The first-order chi connectivity index (χ1) is 12.0. The number of nitro benzene ring substituents is 1. The number of hydrogen-bond acceptors (Lipinski definition) is 6. The number of para-hydroxylation sites is 1. The molecule has 1 aliphatic heterocycles. The molecule has 0 aliphatic carbocycles. The van der Waals surface area contributed by atoms with Gasteiger partial charge in [-0.2, -0.15) is 0 Å². The number of carbonyl (C=O) groups excluding carboxylic acids is 3. The van der Waals surface area contributed by atoms with Crippen LogP contribution in [0.3, 0.4) is 0 Å². The van der Waals surface area contributed by atoms with Crippen LogP contribution in [0.15, 0.2) is 48.5 Å². The molecule has 9 heteroatoms. The lowest BCUT2D eigenvalue weighted by atomic mass is 10.1. The van der Waals surface area contributed by atoms with E-state index in [4.69, 9.17) is 4.74 Å². The van der Waals surface area contributed by atoms with Crippen LogP contribution in [0.1, 0.15) is 20.7 Å². The van der Waals surface area contributed by atoms with E-state index >= 15 is 0 Å². The minimum absolute atomic E-state index is 0.0302. The van der Waals surface area contributed by atoms with Crippen molar-refractivity contribution in [3.63, 3.8) is 0 Å². The standard InChI is InChI=1S/C16H11N3O6/c20-14-12-7-6-11(19(23)24)8-13(12)15(21)18(14)9-25-16(22)17-10-4-2-1-3-5-10/h1-8H,9H2,(H,17,22). The SMILES string of the molecule is O=C(Nc1ccccc1)OCN1C(=O)c2ccc([N+](=O)[O-])cc2C1=O. The molecule has 0 aromatic heterocycles. The highest BCUT2D eigenvalue weighted by atomic mass is 16.6. The second-order valence-corrected chi connectivity index (χ2v) is 5.08. The molecule has 0 saturated heterocycles. The van der Waals surface area contributed by atoms with Crippen LogP contribution in [0, 0.1) is 10.1 Å². The van der Waals surface area contributed by atoms with E-state index < -0.39 is 29.6 Å². The van der Waals surface area contributed by atoms with Gasteiger partial charge in [-0.05, 0) is 18.2 Å². The Morgan fingerprint density at radius 2 is 1.76 bits per heavy atom. The van der Waals surface area contributed by atoms with Gasteiger partial charge in [0.05, 0.1) is 16.1 Å². The van der Waals surface area contributed by atoms with Crippen LogP contribution in [-0.2, 0) is 4.74 Å². The first-order valence-electron chi connectivity index (χ1n) is 7.11. The van der Waals surface area contributed by atoms with Crippen LogP contribution in [0.4, 0.5) is 16.2 Å². The highest BCUT2D eigenvalue weighted by Crippen LogP contribution is 2.26. The number of anilines is 1. The summed E-state index contributed by atoms with van der Waals surface area (Å²) in [4.78, 5) is 47.0. The first-order valence-corrected chi connectivity index (χ1v) is 7.11.